The van der Waals surface area contributed by atoms with E-state index in [2.05, 4.69) is 48.6 Å². The highest BCUT2D eigenvalue weighted by molar-refractivity contribution is 7.10. The molecule has 0 radical (unpaired) electrons. The summed E-state index contributed by atoms with van der Waals surface area (Å²) in [5.41, 5.74) is 4.08. The van der Waals surface area contributed by atoms with E-state index in [1.807, 2.05) is 23.7 Å². The Bertz CT molecular complexity index is 505. The van der Waals surface area contributed by atoms with Crippen LogP contribution in [0.2, 0.25) is 0 Å². The van der Waals surface area contributed by atoms with Gasteiger partial charge in [-0.15, -0.1) is 11.3 Å². The van der Waals surface area contributed by atoms with Gasteiger partial charge in [-0.2, -0.15) is 0 Å². The Morgan fingerprint density at radius 2 is 2.11 bits per heavy atom. The van der Waals surface area contributed by atoms with Gasteiger partial charge in [0, 0.05) is 17.3 Å². The minimum atomic E-state index is 0.291. The van der Waals surface area contributed by atoms with E-state index >= 15 is 0 Å². The number of nitrogens with one attached hydrogen (secondary N) is 1. The molecule has 0 aliphatic heterocycles. The number of pyridine rings is 1. The van der Waals surface area contributed by atoms with Crippen LogP contribution in [0.3, 0.4) is 0 Å². The van der Waals surface area contributed by atoms with Crippen molar-refractivity contribution in [1.82, 2.24) is 10.3 Å². The van der Waals surface area contributed by atoms with Crippen molar-refractivity contribution in [1.29, 1.82) is 0 Å². The molecule has 0 bridgehead atoms. The monoisotopic (exact) mass is 260 g/mol. The van der Waals surface area contributed by atoms with Crippen molar-refractivity contribution in [2.45, 2.75) is 33.2 Å². The zero-order valence-corrected chi connectivity index (χ0v) is 12.1. The van der Waals surface area contributed by atoms with E-state index in [9.17, 15) is 0 Å². The largest absolute Gasteiger partial charge is 0.306 e. The number of hydrogen-bond donors (Lipinski definition) is 1. The molecule has 0 amide bonds. The maximum absolute atomic E-state index is 4.24. The molecule has 18 heavy (non-hydrogen) atoms. The van der Waals surface area contributed by atoms with Gasteiger partial charge in [0.1, 0.15) is 0 Å². The second-order valence-electron chi connectivity index (χ2n) is 4.35. The molecule has 0 saturated heterocycles. The number of rotatable bonds is 5. The van der Waals surface area contributed by atoms with E-state index in [1.54, 1.807) is 0 Å². The molecule has 0 spiro atoms. The van der Waals surface area contributed by atoms with Crippen molar-refractivity contribution in [3.05, 3.63) is 51.5 Å². The Kier molecular flexibility index (Phi) is 4.50. The van der Waals surface area contributed by atoms with Crippen LogP contribution >= 0.6 is 11.3 Å². The summed E-state index contributed by atoms with van der Waals surface area (Å²) in [7, 11) is 0. The Hall–Kier alpha value is -1.19. The molecule has 3 heteroatoms. The highest BCUT2D eigenvalue weighted by Crippen LogP contribution is 2.29. The van der Waals surface area contributed by atoms with Gasteiger partial charge in [-0.3, -0.25) is 4.98 Å². The quantitative estimate of drug-likeness (QED) is 0.886. The van der Waals surface area contributed by atoms with Gasteiger partial charge in [0.15, 0.2) is 0 Å². The molecular weight excluding hydrogens is 240 g/mol. The summed E-state index contributed by atoms with van der Waals surface area (Å²) < 4.78 is 0. The standard InChI is InChI=1S/C15H20N2S/c1-4-12-10-16-8-6-14(12)15(17-5-2)13-7-9-18-11(13)3/h6-10,15,17H,4-5H2,1-3H3. The molecule has 0 aliphatic carbocycles. The molecular formula is C15H20N2S. The fraction of sp³-hybridized carbons (Fsp3) is 0.400. The van der Waals surface area contributed by atoms with Crippen LogP contribution in [0.5, 0.6) is 0 Å². The molecule has 1 atom stereocenters. The van der Waals surface area contributed by atoms with Gasteiger partial charge in [-0.1, -0.05) is 13.8 Å². The number of aryl methyl sites for hydroxylation is 2. The summed E-state index contributed by atoms with van der Waals surface area (Å²) in [6.07, 6.45) is 4.90. The van der Waals surface area contributed by atoms with Crippen LogP contribution in [-0.2, 0) is 6.42 Å². The van der Waals surface area contributed by atoms with Gasteiger partial charge >= 0.3 is 0 Å². The highest BCUT2D eigenvalue weighted by Gasteiger charge is 2.18. The molecule has 1 N–H and O–H groups in total. The fourth-order valence-electron chi connectivity index (χ4n) is 2.30. The fourth-order valence-corrected chi connectivity index (χ4v) is 3.04. The van der Waals surface area contributed by atoms with E-state index in [-0.39, 0.29) is 0 Å². The molecule has 0 saturated carbocycles. The van der Waals surface area contributed by atoms with Crippen molar-refractivity contribution < 1.29 is 0 Å². The first kappa shape index (κ1) is 13.2. The maximum atomic E-state index is 4.24. The molecule has 0 fully saturated rings. The Morgan fingerprint density at radius 3 is 2.72 bits per heavy atom. The van der Waals surface area contributed by atoms with Crippen LogP contribution in [0.25, 0.3) is 0 Å². The van der Waals surface area contributed by atoms with Crippen molar-refractivity contribution in [3.8, 4) is 0 Å². The van der Waals surface area contributed by atoms with Crippen LogP contribution in [-0.4, -0.2) is 11.5 Å². The van der Waals surface area contributed by atoms with Crippen LogP contribution in [0.4, 0.5) is 0 Å². The number of nitrogens with zero attached hydrogens (tertiary/aromatic N) is 1. The molecule has 1 unspecified atom stereocenters. The van der Waals surface area contributed by atoms with E-state index in [4.69, 9.17) is 0 Å². The molecule has 0 aliphatic rings. The van der Waals surface area contributed by atoms with Gasteiger partial charge in [-0.05, 0) is 54.1 Å². The van der Waals surface area contributed by atoms with E-state index in [1.165, 1.54) is 21.6 Å². The maximum Gasteiger partial charge on any atom is 0.0591 e. The van der Waals surface area contributed by atoms with E-state index < -0.39 is 0 Å². The summed E-state index contributed by atoms with van der Waals surface area (Å²) in [6.45, 7) is 7.49. The zero-order chi connectivity index (χ0) is 13.0. The van der Waals surface area contributed by atoms with Gasteiger partial charge in [0.05, 0.1) is 6.04 Å². The summed E-state index contributed by atoms with van der Waals surface area (Å²) in [5.74, 6) is 0. The second-order valence-corrected chi connectivity index (χ2v) is 5.47. The first-order valence-corrected chi connectivity index (χ1v) is 7.36. The second kappa shape index (κ2) is 6.12. The van der Waals surface area contributed by atoms with Gasteiger partial charge in [-0.25, -0.2) is 0 Å². The summed E-state index contributed by atoms with van der Waals surface area (Å²) in [5, 5.41) is 5.76. The lowest BCUT2D eigenvalue weighted by molar-refractivity contribution is 0.624. The lowest BCUT2D eigenvalue weighted by atomic mass is 9.95. The lowest BCUT2D eigenvalue weighted by Crippen LogP contribution is -2.23. The number of thiophene rings is 1. The molecule has 96 valence electrons. The minimum Gasteiger partial charge on any atom is -0.306 e. The van der Waals surface area contributed by atoms with Crippen LogP contribution in [0.15, 0.2) is 29.9 Å². The Morgan fingerprint density at radius 1 is 1.28 bits per heavy atom. The Balaban J connectivity index is 2.45. The topological polar surface area (TPSA) is 24.9 Å². The highest BCUT2D eigenvalue weighted by atomic mass is 32.1. The third kappa shape index (κ3) is 2.62. The van der Waals surface area contributed by atoms with Crippen molar-refractivity contribution in [3.63, 3.8) is 0 Å². The Labute approximate surface area is 113 Å². The third-order valence-corrected chi connectivity index (χ3v) is 4.11. The molecule has 2 rings (SSSR count). The van der Waals surface area contributed by atoms with Crippen LogP contribution < -0.4 is 5.32 Å². The summed E-state index contributed by atoms with van der Waals surface area (Å²) in [6, 6.07) is 4.66. The average Bonchev–Trinajstić information content (AvgIpc) is 2.82. The minimum absolute atomic E-state index is 0.291. The van der Waals surface area contributed by atoms with Gasteiger partial charge in [0.25, 0.3) is 0 Å². The number of hydrogen-bond acceptors (Lipinski definition) is 3. The van der Waals surface area contributed by atoms with Crippen molar-refractivity contribution in [2.75, 3.05) is 6.54 Å². The first-order chi connectivity index (χ1) is 8.77. The predicted octanol–water partition coefficient (Wildman–Crippen LogP) is 3.71. The van der Waals surface area contributed by atoms with Gasteiger partial charge < -0.3 is 5.32 Å². The SMILES string of the molecule is CCNC(c1ccncc1CC)c1ccsc1C. The molecule has 2 nitrogen and oxygen atoms in total. The predicted molar refractivity (Wildman–Crippen MR) is 78.2 cm³/mol. The third-order valence-electron chi connectivity index (χ3n) is 3.25. The van der Waals surface area contributed by atoms with Crippen LogP contribution in [0.1, 0.15) is 41.5 Å². The first-order valence-electron chi connectivity index (χ1n) is 6.48. The number of aromatic nitrogens is 1. The normalized spacial score (nSPS) is 12.6. The molecule has 2 heterocycles. The lowest BCUT2D eigenvalue weighted by Gasteiger charge is -2.21. The zero-order valence-electron chi connectivity index (χ0n) is 11.2. The van der Waals surface area contributed by atoms with Gasteiger partial charge in [0.2, 0.25) is 0 Å². The van der Waals surface area contributed by atoms with E-state index in [0.29, 0.717) is 6.04 Å². The summed E-state index contributed by atoms with van der Waals surface area (Å²) >= 11 is 1.81. The van der Waals surface area contributed by atoms with Crippen LogP contribution in [0, 0.1) is 6.92 Å². The summed E-state index contributed by atoms with van der Waals surface area (Å²) in [4.78, 5) is 5.63. The smallest absolute Gasteiger partial charge is 0.0591 e. The van der Waals surface area contributed by atoms with Crippen molar-refractivity contribution in [2.24, 2.45) is 0 Å². The van der Waals surface area contributed by atoms with Crippen molar-refractivity contribution >= 4 is 11.3 Å². The molecule has 2 aromatic rings. The van der Waals surface area contributed by atoms with E-state index in [0.717, 1.165) is 13.0 Å². The molecule has 0 aromatic carbocycles. The average molecular weight is 260 g/mol. The molecule has 2 aromatic heterocycles.